The number of esters is 1. The summed E-state index contributed by atoms with van der Waals surface area (Å²) in [5.74, 6) is 1.49. The number of rotatable bonds is 5. The summed E-state index contributed by atoms with van der Waals surface area (Å²) in [6, 6.07) is 4.00. The number of ether oxygens (including phenoxy) is 1. The fourth-order valence-corrected chi connectivity index (χ4v) is 4.28. The number of hydrogen-bond acceptors (Lipinski definition) is 6. The van der Waals surface area contributed by atoms with E-state index in [2.05, 4.69) is 15.0 Å². The number of piperidine rings is 1. The third-order valence-corrected chi connectivity index (χ3v) is 6.05. The lowest BCUT2D eigenvalue weighted by atomic mass is 9.98. The van der Waals surface area contributed by atoms with E-state index in [1.54, 1.807) is 6.20 Å². The van der Waals surface area contributed by atoms with E-state index in [4.69, 9.17) is 26.3 Å². The van der Waals surface area contributed by atoms with Crippen LogP contribution in [0.15, 0.2) is 24.5 Å². The maximum absolute atomic E-state index is 12.1. The third-order valence-electron chi connectivity index (χ3n) is 5.85. The Morgan fingerprint density at radius 2 is 2.24 bits per heavy atom. The van der Waals surface area contributed by atoms with Crippen LogP contribution < -0.4 is 4.90 Å². The van der Waals surface area contributed by atoms with Gasteiger partial charge in [-0.05, 0) is 44.7 Å². The van der Waals surface area contributed by atoms with Crippen molar-refractivity contribution in [1.82, 2.24) is 24.7 Å². The van der Waals surface area contributed by atoms with Gasteiger partial charge in [-0.25, -0.2) is 9.97 Å². The van der Waals surface area contributed by atoms with Crippen LogP contribution in [0.4, 0.5) is 5.82 Å². The molecule has 8 nitrogen and oxygen atoms in total. The van der Waals surface area contributed by atoms with E-state index in [1.807, 2.05) is 29.9 Å². The highest BCUT2D eigenvalue weighted by atomic mass is 35.5. The lowest BCUT2D eigenvalue weighted by Gasteiger charge is -2.32. The zero-order valence-corrected chi connectivity index (χ0v) is 17.0. The van der Waals surface area contributed by atoms with Gasteiger partial charge in [0.05, 0.1) is 29.3 Å². The number of nitrogens with one attached hydrogen (secondary N) is 1. The number of halogens is 1. The lowest BCUT2D eigenvalue weighted by Crippen LogP contribution is -2.39. The van der Waals surface area contributed by atoms with Crippen LogP contribution in [-0.4, -0.2) is 50.4 Å². The number of aromatic nitrogens is 5. The highest BCUT2D eigenvalue weighted by Crippen LogP contribution is 2.48. The molecule has 0 spiro atoms. The maximum atomic E-state index is 12.1. The zero-order valence-electron chi connectivity index (χ0n) is 16.3. The number of pyridine rings is 1. The predicted octanol–water partition coefficient (Wildman–Crippen LogP) is 3.12. The van der Waals surface area contributed by atoms with Crippen LogP contribution in [0.3, 0.4) is 0 Å². The molecule has 2 aliphatic rings. The number of aromatic amines is 1. The molecule has 152 valence electrons. The molecule has 1 atom stereocenters. The normalized spacial score (nSPS) is 20.8. The van der Waals surface area contributed by atoms with E-state index in [0.29, 0.717) is 23.8 Å². The summed E-state index contributed by atoms with van der Waals surface area (Å²) in [7, 11) is 0. The third kappa shape index (κ3) is 3.25. The average Bonchev–Trinajstić information content (AvgIpc) is 3.23. The molecule has 29 heavy (non-hydrogen) atoms. The first-order valence-corrected chi connectivity index (χ1v) is 10.5. The summed E-state index contributed by atoms with van der Waals surface area (Å²) >= 11 is 6.06. The molecular formula is C20H23ClN6O2. The van der Waals surface area contributed by atoms with Crippen molar-refractivity contribution < 1.29 is 9.53 Å². The Balaban J connectivity index is 1.41. The van der Waals surface area contributed by atoms with Crippen molar-refractivity contribution in [2.24, 2.45) is 5.92 Å². The van der Waals surface area contributed by atoms with Crippen LogP contribution >= 0.6 is 11.6 Å². The van der Waals surface area contributed by atoms with Crippen LogP contribution in [0.5, 0.6) is 0 Å². The molecule has 0 amide bonds. The predicted molar refractivity (Wildman–Crippen MR) is 109 cm³/mol. The van der Waals surface area contributed by atoms with Crippen LogP contribution in [-0.2, 0) is 15.1 Å². The summed E-state index contributed by atoms with van der Waals surface area (Å²) in [4.78, 5) is 27.3. The number of nitrogens with zero attached hydrogens (tertiary/aromatic N) is 5. The molecular weight excluding hydrogens is 392 g/mol. The molecule has 1 aliphatic carbocycles. The van der Waals surface area contributed by atoms with E-state index in [-0.39, 0.29) is 17.4 Å². The van der Waals surface area contributed by atoms with Gasteiger partial charge in [0.25, 0.3) is 0 Å². The van der Waals surface area contributed by atoms with Crippen molar-refractivity contribution in [3.8, 4) is 0 Å². The Morgan fingerprint density at radius 3 is 2.97 bits per heavy atom. The molecule has 0 unspecified atom stereocenters. The molecule has 1 saturated carbocycles. The van der Waals surface area contributed by atoms with E-state index in [9.17, 15) is 4.79 Å². The first-order chi connectivity index (χ1) is 14.1. The average molecular weight is 415 g/mol. The molecule has 3 aromatic rings. The number of hydrogen-bond donors (Lipinski definition) is 1. The Bertz CT molecular complexity index is 1060. The first kappa shape index (κ1) is 18.4. The highest BCUT2D eigenvalue weighted by molar-refractivity contribution is 6.30. The number of H-pyrrole nitrogens is 1. The maximum Gasteiger partial charge on any atom is 0.310 e. The summed E-state index contributed by atoms with van der Waals surface area (Å²) < 4.78 is 7.10. The lowest BCUT2D eigenvalue weighted by molar-refractivity contribution is -0.148. The molecule has 9 heteroatoms. The quantitative estimate of drug-likeness (QED) is 0.645. The number of carbonyl (C=O) groups excluding carboxylic acids is 1. The largest absolute Gasteiger partial charge is 0.466 e. The summed E-state index contributed by atoms with van der Waals surface area (Å²) in [6.45, 7) is 3.76. The van der Waals surface area contributed by atoms with Gasteiger partial charge in [-0.2, -0.15) is 5.10 Å². The van der Waals surface area contributed by atoms with E-state index < -0.39 is 0 Å². The molecule has 0 aromatic carbocycles. The van der Waals surface area contributed by atoms with Gasteiger partial charge >= 0.3 is 5.97 Å². The van der Waals surface area contributed by atoms with E-state index in [0.717, 1.165) is 49.4 Å². The number of fused-ring (bicyclic) bond motifs is 1. The first-order valence-electron chi connectivity index (χ1n) is 10.1. The van der Waals surface area contributed by atoms with Gasteiger partial charge in [-0.15, -0.1) is 0 Å². The van der Waals surface area contributed by atoms with Crippen LogP contribution in [0, 0.1) is 5.92 Å². The molecule has 2 fully saturated rings. The molecule has 0 bridgehead atoms. The SMILES string of the molecule is CCOC(=O)[C@@H]1CCCN(c2ccc3[nH]c(C4(n5cc(Cl)cn5)CC4)nc3n2)C1. The fraction of sp³-hybridized carbons (Fsp3) is 0.500. The molecule has 4 heterocycles. The number of imidazole rings is 1. The second-order valence-corrected chi connectivity index (χ2v) is 8.23. The van der Waals surface area contributed by atoms with Crippen molar-refractivity contribution in [1.29, 1.82) is 0 Å². The van der Waals surface area contributed by atoms with Crippen molar-refractivity contribution in [2.45, 2.75) is 38.1 Å². The Morgan fingerprint density at radius 1 is 1.38 bits per heavy atom. The summed E-state index contributed by atoms with van der Waals surface area (Å²) in [6.07, 6.45) is 7.22. The Kier molecular flexibility index (Phi) is 4.46. The van der Waals surface area contributed by atoms with E-state index >= 15 is 0 Å². The molecule has 5 rings (SSSR count). The minimum absolute atomic E-state index is 0.102. The topological polar surface area (TPSA) is 88.9 Å². The smallest absolute Gasteiger partial charge is 0.310 e. The standard InChI is InChI=1S/C20H23ClN6O2/c1-2-29-18(28)13-4-3-9-26(11-13)16-6-5-15-17(24-16)25-19(23-15)20(7-8-20)27-12-14(21)10-22-27/h5-6,10,12-13H,2-4,7-9,11H2,1H3,(H,23,24,25)/t13-/m1/s1. The molecule has 3 aromatic heterocycles. The second kappa shape index (κ2) is 7.02. The number of carbonyl (C=O) groups is 1. The zero-order chi connectivity index (χ0) is 20.0. The Hall–Kier alpha value is -2.61. The van der Waals surface area contributed by atoms with Gasteiger partial charge in [0.2, 0.25) is 0 Å². The molecule has 1 N–H and O–H groups in total. The van der Waals surface area contributed by atoms with Gasteiger partial charge in [-0.1, -0.05) is 11.6 Å². The minimum atomic E-state index is -0.256. The van der Waals surface area contributed by atoms with E-state index in [1.165, 1.54) is 0 Å². The van der Waals surface area contributed by atoms with Gasteiger partial charge < -0.3 is 14.6 Å². The molecule has 0 radical (unpaired) electrons. The fourth-order valence-electron chi connectivity index (χ4n) is 4.14. The number of anilines is 1. The second-order valence-electron chi connectivity index (χ2n) is 7.80. The van der Waals surface area contributed by atoms with Crippen molar-refractivity contribution in [3.63, 3.8) is 0 Å². The van der Waals surface area contributed by atoms with Crippen molar-refractivity contribution >= 4 is 34.6 Å². The van der Waals surface area contributed by atoms with Crippen LogP contribution in [0.1, 0.15) is 38.4 Å². The minimum Gasteiger partial charge on any atom is -0.466 e. The van der Waals surface area contributed by atoms with Gasteiger partial charge in [0.1, 0.15) is 17.2 Å². The van der Waals surface area contributed by atoms with Crippen molar-refractivity contribution in [2.75, 3.05) is 24.6 Å². The van der Waals surface area contributed by atoms with Crippen LogP contribution in [0.2, 0.25) is 5.02 Å². The highest BCUT2D eigenvalue weighted by Gasteiger charge is 2.50. The van der Waals surface area contributed by atoms with Gasteiger partial charge in [0.15, 0.2) is 5.65 Å². The summed E-state index contributed by atoms with van der Waals surface area (Å²) in [5.41, 5.74) is 1.32. The monoisotopic (exact) mass is 414 g/mol. The summed E-state index contributed by atoms with van der Waals surface area (Å²) in [5, 5.41) is 5.00. The molecule has 1 saturated heterocycles. The molecule has 1 aliphatic heterocycles. The van der Waals surface area contributed by atoms with Crippen molar-refractivity contribution in [3.05, 3.63) is 35.4 Å². The Labute approximate surface area is 173 Å². The van der Waals surface area contributed by atoms with Gasteiger partial charge in [0, 0.05) is 19.3 Å². The van der Waals surface area contributed by atoms with Crippen LogP contribution in [0.25, 0.3) is 11.2 Å². The van der Waals surface area contributed by atoms with Gasteiger partial charge in [-0.3, -0.25) is 9.48 Å².